The molecular weight excluding hydrogens is 754 g/mol. The number of ether oxygens (including phenoxy) is 6. The van der Waals surface area contributed by atoms with Gasteiger partial charge in [-0.25, -0.2) is 14.4 Å². The average Bonchev–Trinajstić information content (AvgIpc) is 3.93. The Morgan fingerprint density at radius 1 is 0.948 bits per heavy atom. The second kappa shape index (κ2) is 14.3. The first-order valence-corrected chi connectivity index (χ1v) is 19.4. The summed E-state index contributed by atoms with van der Waals surface area (Å²) in [4.78, 5) is 69.2. The zero-order chi connectivity index (χ0) is 42.3. The lowest BCUT2D eigenvalue weighted by molar-refractivity contribution is -0.325. The maximum absolute atomic E-state index is 15.1. The van der Waals surface area contributed by atoms with Crippen molar-refractivity contribution in [3.05, 3.63) is 82.9 Å². The number of aliphatic hydroxyl groups excluding tert-OH is 2. The van der Waals surface area contributed by atoms with E-state index in [0.29, 0.717) is 5.56 Å². The number of Topliss-reactive ketones (excluding diaryl/α,β-unsaturated/α-hetero) is 1. The molecule has 2 saturated carbocycles. The number of hydrogen-bond acceptors (Lipinski definition) is 14. The molecule has 312 valence electrons. The Hall–Kier alpha value is -4.67. The first-order chi connectivity index (χ1) is 27.1. The lowest BCUT2D eigenvalue weighted by atomic mass is 9.45. The van der Waals surface area contributed by atoms with Crippen molar-refractivity contribution in [1.29, 1.82) is 0 Å². The van der Waals surface area contributed by atoms with Crippen LogP contribution in [0.25, 0.3) is 0 Å². The summed E-state index contributed by atoms with van der Waals surface area (Å²) in [6.07, 6.45) is -10.9. The fourth-order valence-corrected chi connectivity index (χ4v) is 9.95. The number of esters is 3. The van der Waals surface area contributed by atoms with Crippen LogP contribution in [0, 0.1) is 16.7 Å². The van der Waals surface area contributed by atoms with Gasteiger partial charge in [0.2, 0.25) is 0 Å². The third kappa shape index (κ3) is 6.51. The molecule has 0 aromatic heterocycles. The standard InChI is InChI=1S/C43H51NO14/c1-21-25(54-37(50)29(47)27(23-15-11-9-12-16-23)44-38(51)58-39(3,4)5)19-43(52)35(56-36(49)24-17-13-10-14-18-24)31-41(8,32(48)28(46)26(21)40(43,6)7)33-30(55-33)34-42(31,20-53-34)57-22(2)45/h9-18,25,27-31,33-35,46-47,52H,19-20H2,1-8H3,(H,44,51)/t25-,27+,28-,29+,30?,31+,33?,34-,35-,41-,42?,43-/m1/s1. The number of carbonyl (C=O) groups is 5. The first kappa shape index (κ1) is 41.5. The Labute approximate surface area is 336 Å². The number of rotatable bonds is 8. The van der Waals surface area contributed by atoms with Gasteiger partial charge in [0.1, 0.15) is 41.7 Å². The van der Waals surface area contributed by atoms with Gasteiger partial charge in [-0.2, -0.15) is 0 Å². The molecule has 2 aromatic rings. The number of fused-ring (bicyclic) bond motifs is 8. The van der Waals surface area contributed by atoms with E-state index in [1.54, 1.807) is 97.0 Å². The van der Waals surface area contributed by atoms with Crippen molar-refractivity contribution in [3.63, 3.8) is 0 Å². The van der Waals surface area contributed by atoms with Crippen LogP contribution in [0.5, 0.6) is 0 Å². The molecule has 12 atom stereocenters. The number of epoxide rings is 1. The second-order valence-corrected chi connectivity index (χ2v) is 17.8. The molecule has 15 heteroatoms. The summed E-state index contributed by atoms with van der Waals surface area (Å²) in [5.74, 6) is -4.90. The van der Waals surface area contributed by atoms with E-state index in [1.165, 1.54) is 19.1 Å². The molecule has 58 heavy (non-hydrogen) atoms. The zero-order valence-corrected chi connectivity index (χ0v) is 33.7. The molecule has 3 aliphatic carbocycles. The molecule has 2 aliphatic heterocycles. The second-order valence-electron chi connectivity index (χ2n) is 17.8. The average molecular weight is 806 g/mol. The quantitative estimate of drug-likeness (QED) is 0.130. The maximum Gasteiger partial charge on any atom is 0.408 e. The van der Waals surface area contributed by atoms with E-state index >= 15 is 4.79 Å². The van der Waals surface area contributed by atoms with Gasteiger partial charge in [-0.1, -0.05) is 62.4 Å². The normalized spacial score (nSPS) is 35.5. The van der Waals surface area contributed by atoms with Crippen molar-refractivity contribution in [3.8, 4) is 0 Å². The molecule has 0 spiro atoms. The highest BCUT2D eigenvalue weighted by atomic mass is 16.7. The number of aliphatic hydroxyl groups is 3. The minimum absolute atomic E-state index is 0.0104. The molecule has 7 rings (SSSR count). The van der Waals surface area contributed by atoms with Gasteiger partial charge in [0.25, 0.3) is 0 Å². The van der Waals surface area contributed by atoms with Crippen molar-refractivity contribution in [2.75, 3.05) is 6.61 Å². The Morgan fingerprint density at radius 2 is 1.57 bits per heavy atom. The van der Waals surface area contributed by atoms with E-state index in [2.05, 4.69) is 5.32 Å². The van der Waals surface area contributed by atoms with Gasteiger partial charge in [-0.15, -0.1) is 0 Å². The van der Waals surface area contributed by atoms with E-state index < -0.39 is 119 Å². The van der Waals surface area contributed by atoms with Gasteiger partial charge in [0, 0.05) is 18.8 Å². The minimum Gasteiger partial charge on any atom is -0.456 e. The third-order valence-corrected chi connectivity index (χ3v) is 12.8. The molecule has 0 radical (unpaired) electrons. The largest absolute Gasteiger partial charge is 0.456 e. The monoisotopic (exact) mass is 805 g/mol. The van der Waals surface area contributed by atoms with Gasteiger partial charge >= 0.3 is 24.0 Å². The van der Waals surface area contributed by atoms with E-state index in [9.17, 15) is 34.5 Å². The van der Waals surface area contributed by atoms with Crippen LogP contribution < -0.4 is 5.32 Å². The predicted octanol–water partition coefficient (Wildman–Crippen LogP) is 3.28. The van der Waals surface area contributed by atoms with Crippen LogP contribution in [-0.4, -0.2) is 111 Å². The van der Waals surface area contributed by atoms with Crippen molar-refractivity contribution in [2.45, 2.75) is 127 Å². The van der Waals surface area contributed by atoms with Gasteiger partial charge in [0.05, 0.1) is 35.6 Å². The van der Waals surface area contributed by atoms with Gasteiger partial charge < -0.3 is 49.1 Å². The van der Waals surface area contributed by atoms with E-state index in [4.69, 9.17) is 28.4 Å². The number of carbonyl (C=O) groups excluding carboxylic acids is 5. The summed E-state index contributed by atoms with van der Waals surface area (Å²) in [7, 11) is 0. The van der Waals surface area contributed by atoms with E-state index in [1.807, 2.05) is 0 Å². The summed E-state index contributed by atoms with van der Waals surface area (Å²) in [5.41, 5.74) is -7.45. The predicted molar refractivity (Wildman–Crippen MR) is 202 cm³/mol. The van der Waals surface area contributed by atoms with Crippen LogP contribution in [-0.2, 0) is 42.8 Å². The molecule has 5 aliphatic rings. The highest BCUT2D eigenvalue weighted by Gasteiger charge is 2.84. The zero-order valence-electron chi connectivity index (χ0n) is 33.7. The summed E-state index contributed by atoms with van der Waals surface area (Å²) < 4.78 is 35.9. The summed E-state index contributed by atoms with van der Waals surface area (Å²) >= 11 is 0. The topological polar surface area (TPSA) is 217 Å². The maximum atomic E-state index is 15.1. The third-order valence-electron chi connectivity index (χ3n) is 12.8. The number of ketones is 1. The van der Waals surface area contributed by atoms with Gasteiger partial charge in [-0.3, -0.25) is 9.59 Å². The van der Waals surface area contributed by atoms with Crippen molar-refractivity contribution in [1.82, 2.24) is 5.32 Å². The SMILES string of the molecule is CC(=O)OC12CO[C@@H]1C1OC1[C@@]1(C)C(=O)[C@H](O)C3=C(C)[C@H](OC(=O)[C@@H](O)[C@@H](NC(=O)OC(C)(C)C)c4ccccc4)C[C@@](O)([C@H](OC(=O)c4ccccc4)[C@H]21)C3(C)C. The van der Waals surface area contributed by atoms with E-state index in [0.717, 1.165) is 0 Å². The van der Waals surface area contributed by atoms with Crippen LogP contribution in [0.15, 0.2) is 71.8 Å². The molecule has 4 fully saturated rings. The molecule has 2 aromatic carbocycles. The molecule has 2 saturated heterocycles. The summed E-state index contributed by atoms with van der Waals surface area (Å²) in [6.45, 7) is 12.2. The Bertz CT molecular complexity index is 2030. The van der Waals surface area contributed by atoms with Crippen LogP contribution in [0.2, 0.25) is 0 Å². The molecule has 1 amide bonds. The van der Waals surface area contributed by atoms with E-state index in [-0.39, 0.29) is 23.3 Å². The van der Waals surface area contributed by atoms with Gasteiger partial charge in [0.15, 0.2) is 17.5 Å². The molecule has 4 N–H and O–H groups in total. The highest BCUT2D eigenvalue weighted by Crippen LogP contribution is 2.68. The van der Waals surface area contributed by atoms with Gasteiger partial charge in [-0.05, 0) is 63.5 Å². The molecule has 2 heterocycles. The van der Waals surface area contributed by atoms with Crippen molar-refractivity contribution >= 4 is 29.8 Å². The number of benzene rings is 2. The summed E-state index contributed by atoms with van der Waals surface area (Å²) in [6, 6.07) is 14.8. The van der Waals surface area contributed by atoms with Crippen molar-refractivity contribution < 1.29 is 67.7 Å². The fourth-order valence-electron chi connectivity index (χ4n) is 9.95. The Balaban J connectivity index is 1.34. The number of amides is 1. The van der Waals surface area contributed by atoms with Crippen molar-refractivity contribution in [2.24, 2.45) is 16.7 Å². The molecule has 3 unspecified atom stereocenters. The molecule has 2 bridgehead atoms. The number of hydrogen-bond donors (Lipinski definition) is 4. The van der Waals surface area contributed by atoms with Crippen LogP contribution in [0.1, 0.15) is 83.8 Å². The minimum atomic E-state index is -2.28. The first-order valence-electron chi connectivity index (χ1n) is 19.4. The number of alkyl carbamates (subject to hydrolysis) is 1. The lowest BCUT2D eigenvalue weighted by Gasteiger charge is -2.65. The van der Waals surface area contributed by atoms with Crippen LogP contribution >= 0.6 is 0 Å². The fraction of sp³-hybridized carbons (Fsp3) is 0.558. The smallest absolute Gasteiger partial charge is 0.408 e. The summed E-state index contributed by atoms with van der Waals surface area (Å²) in [5, 5.41) is 39.9. The molecular formula is C43H51NO14. The lowest BCUT2D eigenvalue weighted by Crippen LogP contribution is -2.81. The highest BCUT2D eigenvalue weighted by molar-refractivity contribution is 5.94. The van der Waals surface area contributed by atoms with Crippen LogP contribution in [0.4, 0.5) is 4.79 Å². The van der Waals surface area contributed by atoms with Crippen LogP contribution in [0.3, 0.4) is 0 Å². The Kier molecular flexibility index (Phi) is 10.2. The number of nitrogens with one attached hydrogen (secondary N) is 1. The molecule has 15 nitrogen and oxygen atoms in total. The Morgan fingerprint density at radius 3 is 2.14 bits per heavy atom.